The lowest BCUT2D eigenvalue weighted by Gasteiger charge is -2.44. The number of rotatable bonds is 2. The molecule has 1 heterocycles. The molecule has 3 aromatic carbocycles. The Bertz CT molecular complexity index is 1410. The third-order valence-corrected chi connectivity index (χ3v) is 7.36. The van der Waals surface area contributed by atoms with Crippen molar-refractivity contribution in [1.82, 2.24) is 0 Å². The van der Waals surface area contributed by atoms with Crippen LogP contribution < -0.4 is 4.90 Å². The van der Waals surface area contributed by atoms with Crippen LogP contribution in [-0.4, -0.2) is 11.6 Å². The quantitative estimate of drug-likeness (QED) is 0.401. The highest BCUT2D eigenvalue weighted by atomic mass is 35.5. The van der Waals surface area contributed by atoms with Crippen molar-refractivity contribution in [3.8, 4) is 0 Å². The van der Waals surface area contributed by atoms with Crippen molar-refractivity contribution in [2.24, 2.45) is 5.41 Å². The van der Waals surface area contributed by atoms with E-state index in [2.05, 4.69) is 30.9 Å². The van der Waals surface area contributed by atoms with E-state index in [4.69, 9.17) is 11.6 Å². The van der Waals surface area contributed by atoms with E-state index >= 15 is 0 Å². The van der Waals surface area contributed by atoms with Gasteiger partial charge in [0.15, 0.2) is 11.6 Å². The second-order valence-corrected chi connectivity index (χ2v) is 10.5. The lowest BCUT2D eigenvalue weighted by molar-refractivity contribution is -0.118. The molecule has 1 aliphatic heterocycles. The van der Waals surface area contributed by atoms with Crippen LogP contribution in [0, 0.1) is 5.41 Å². The number of fused-ring (bicyclic) bond motifs is 2. The average molecular weight is 466 g/mol. The van der Waals surface area contributed by atoms with Crippen LogP contribution in [0.4, 0.5) is 5.69 Å². The number of halogens is 1. The molecular weight excluding hydrogens is 442 g/mol. The van der Waals surface area contributed by atoms with Crippen LogP contribution in [-0.2, 0) is 4.79 Å². The van der Waals surface area contributed by atoms with E-state index in [-0.39, 0.29) is 17.0 Å². The van der Waals surface area contributed by atoms with E-state index in [1.165, 1.54) is 0 Å². The van der Waals surface area contributed by atoms with Gasteiger partial charge in [0.1, 0.15) is 0 Å². The van der Waals surface area contributed by atoms with Gasteiger partial charge in [-0.15, -0.1) is 0 Å². The van der Waals surface area contributed by atoms with E-state index in [1.807, 2.05) is 66.7 Å². The van der Waals surface area contributed by atoms with Crippen molar-refractivity contribution < 1.29 is 9.59 Å². The van der Waals surface area contributed by atoms with E-state index in [0.717, 1.165) is 40.2 Å². The number of benzene rings is 3. The van der Waals surface area contributed by atoms with Gasteiger partial charge in [0.05, 0.1) is 5.70 Å². The number of allylic oxidation sites excluding steroid dienone is 3. The molecule has 1 atom stereocenters. The van der Waals surface area contributed by atoms with Gasteiger partial charge in [-0.05, 0) is 41.7 Å². The minimum atomic E-state index is -0.411. The zero-order chi connectivity index (χ0) is 23.6. The predicted molar refractivity (Wildman–Crippen MR) is 136 cm³/mol. The summed E-state index contributed by atoms with van der Waals surface area (Å²) >= 11 is 6.20. The van der Waals surface area contributed by atoms with E-state index in [1.54, 1.807) is 0 Å². The van der Waals surface area contributed by atoms with Gasteiger partial charge in [0.25, 0.3) is 0 Å². The Kier molecular flexibility index (Phi) is 4.69. The molecule has 0 amide bonds. The molecular formula is C30H24ClNO2. The maximum atomic E-state index is 13.9. The van der Waals surface area contributed by atoms with Gasteiger partial charge in [0.2, 0.25) is 0 Å². The molecule has 0 fully saturated rings. The molecule has 168 valence electrons. The van der Waals surface area contributed by atoms with Gasteiger partial charge in [-0.3, -0.25) is 9.59 Å². The number of carbonyl (C=O) groups is 2. The molecule has 0 saturated carbocycles. The first-order chi connectivity index (χ1) is 16.4. The summed E-state index contributed by atoms with van der Waals surface area (Å²) in [5.41, 5.74) is 6.65. The topological polar surface area (TPSA) is 37.4 Å². The Morgan fingerprint density at radius 3 is 2.15 bits per heavy atom. The monoisotopic (exact) mass is 465 g/mol. The molecule has 0 saturated heterocycles. The summed E-state index contributed by atoms with van der Waals surface area (Å²) in [6.07, 6.45) is 1.21. The average Bonchev–Trinajstić information content (AvgIpc) is 3.11. The van der Waals surface area contributed by atoms with Crippen LogP contribution in [0.5, 0.6) is 0 Å². The number of hydrogen-bond donors (Lipinski definition) is 0. The maximum Gasteiger partial charge on any atom is 0.192 e. The van der Waals surface area contributed by atoms with Crippen molar-refractivity contribution in [1.29, 1.82) is 0 Å². The number of hydrogen-bond acceptors (Lipinski definition) is 3. The molecule has 3 aromatic rings. The maximum absolute atomic E-state index is 13.9. The molecule has 3 aliphatic rings. The molecule has 34 heavy (non-hydrogen) atoms. The standard InChI is InChI=1S/C30H24ClNO2/c1-30(2)16-23-26(24(33)17-30)25(18-12-14-19(31)15-13-18)27-28(32(23)20-8-4-3-5-9-20)21-10-6-7-11-22(21)29(27)34/h3-15,25H,16-17H2,1-2H3. The smallest absolute Gasteiger partial charge is 0.192 e. The van der Waals surface area contributed by atoms with Crippen molar-refractivity contribution in [2.75, 3.05) is 4.90 Å². The van der Waals surface area contributed by atoms with Crippen molar-refractivity contribution in [3.05, 3.63) is 117 Å². The van der Waals surface area contributed by atoms with Crippen molar-refractivity contribution >= 4 is 34.6 Å². The minimum Gasteiger partial charge on any atom is -0.313 e. The summed E-state index contributed by atoms with van der Waals surface area (Å²) in [5, 5.41) is 0.631. The van der Waals surface area contributed by atoms with Gasteiger partial charge in [0, 0.05) is 51.0 Å². The Morgan fingerprint density at radius 1 is 0.794 bits per heavy atom. The lowest BCUT2D eigenvalue weighted by atomic mass is 9.68. The summed E-state index contributed by atoms with van der Waals surface area (Å²) in [5.74, 6) is -0.302. The van der Waals surface area contributed by atoms with E-state index < -0.39 is 5.92 Å². The third kappa shape index (κ3) is 3.11. The molecule has 3 nitrogen and oxygen atoms in total. The zero-order valence-electron chi connectivity index (χ0n) is 19.1. The summed E-state index contributed by atoms with van der Waals surface area (Å²) in [7, 11) is 0. The van der Waals surface area contributed by atoms with Gasteiger partial charge < -0.3 is 4.90 Å². The van der Waals surface area contributed by atoms with Gasteiger partial charge >= 0.3 is 0 Å². The lowest BCUT2D eigenvalue weighted by Crippen LogP contribution is -2.39. The van der Waals surface area contributed by atoms with Gasteiger partial charge in [-0.1, -0.05) is 80.0 Å². The molecule has 0 bridgehead atoms. The van der Waals surface area contributed by atoms with Crippen LogP contribution in [0.2, 0.25) is 5.02 Å². The SMILES string of the molecule is CC1(C)CC(=O)C2=C(C1)N(c1ccccc1)C1=C(C(=O)c3ccccc31)C2c1ccc(Cl)cc1. The Morgan fingerprint density at radius 2 is 1.44 bits per heavy atom. The predicted octanol–water partition coefficient (Wildman–Crippen LogP) is 7.19. The number of nitrogens with zero attached hydrogens (tertiary/aromatic N) is 1. The normalized spacial score (nSPS) is 20.9. The number of ketones is 2. The van der Waals surface area contributed by atoms with Crippen LogP contribution >= 0.6 is 11.6 Å². The first-order valence-corrected chi connectivity index (χ1v) is 12.0. The molecule has 4 heteroatoms. The van der Waals surface area contributed by atoms with Gasteiger partial charge in [-0.2, -0.15) is 0 Å². The zero-order valence-corrected chi connectivity index (χ0v) is 19.9. The fourth-order valence-corrected chi connectivity index (χ4v) is 5.88. The molecule has 0 spiro atoms. The molecule has 0 aromatic heterocycles. The molecule has 2 aliphatic carbocycles. The first-order valence-electron chi connectivity index (χ1n) is 11.6. The van der Waals surface area contributed by atoms with Crippen LogP contribution in [0.3, 0.4) is 0 Å². The second-order valence-electron chi connectivity index (χ2n) is 10.1. The van der Waals surface area contributed by atoms with Gasteiger partial charge in [-0.25, -0.2) is 0 Å². The summed E-state index contributed by atoms with van der Waals surface area (Å²) in [4.78, 5) is 29.9. The first kappa shape index (κ1) is 21.1. The van der Waals surface area contributed by atoms with E-state index in [0.29, 0.717) is 22.6 Å². The highest BCUT2D eigenvalue weighted by Gasteiger charge is 2.49. The highest BCUT2D eigenvalue weighted by Crippen LogP contribution is 2.56. The summed E-state index contributed by atoms with van der Waals surface area (Å²) in [6.45, 7) is 4.29. The number of anilines is 1. The minimum absolute atomic E-state index is 0.00401. The highest BCUT2D eigenvalue weighted by molar-refractivity contribution is 6.30. The van der Waals surface area contributed by atoms with Crippen LogP contribution in [0.1, 0.15) is 54.1 Å². The van der Waals surface area contributed by atoms with Crippen molar-refractivity contribution in [3.63, 3.8) is 0 Å². The molecule has 0 radical (unpaired) electrons. The fraction of sp³-hybridized carbons (Fsp3) is 0.200. The van der Waals surface area contributed by atoms with E-state index in [9.17, 15) is 9.59 Å². The Hall–Kier alpha value is -3.43. The number of para-hydroxylation sites is 1. The number of Topliss-reactive ketones (excluding diaryl/α,β-unsaturated/α-hetero) is 2. The summed E-state index contributed by atoms with van der Waals surface area (Å²) in [6, 6.07) is 25.4. The Labute approximate surface area is 204 Å². The summed E-state index contributed by atoms with van der Waals surface area (Å²) < 4.78 is 0. The second kappa shape index (κ2) is 7.54. The molecule has 0 N–H and O–H groups in total. The number of carbonyl (C=O) groups excluding carboxylic acids is 2. The van der Waals surface area contributed by atoms with Crippen molar-refractivity contribution in [2.45, 2.75) is 32.6 Å². The Balaban J connectivity index is 1.70. The van der Waals surface area contributed by atoms with Crippen LogP contribution in [0.25, 0.3) is 5.70 Å². The molecule has 1 unspecified atom stereocenters. The largest absolute Gasteiger partial charge is 0.313 e. The third-order valence-electron chi connectivity index (χ3n) is 7.11. The molecule has 6 rings (SSSR count). The van der Waals surface area contributed by atoms with Crippen LogP contribution in [0.15, 0.2) is 95.7 Å². The fourth-order valence-electron chi connectivity index (χ4n) is 5.75.